The fraction of sp³-hybridized carbons (Fsp3) is 0.417. The monoisotopic (exact) mass is 252 g/mol. The minimum Gasteiger partial charge on any atom is -0.466 e. The van der Waals surface area contributed by atoms with Crippen molar-refractivity contribution in [2.24, 2.45) is 0 Å². The SMILES string of the molecule is CC(=O)OCC/C=C/Cn1cc(C)c(=O)[nH]c1=O. The number of nitrogens with one attached hydrogen (secondary N) is 1. The van der Waals surface area contributed by atoms with Gasteiger partial charge in [-0.15, -0.1) is 0 Å². The first-order chi connectivity index (χ1) is 8.50. The number of carbonyl (C=O) groups excluding carboxylic acids is 1. The molecule has 0 unspecified atom stereocenters. The van der Waals surface area contributed by atoms with Crippen molar-refractivity contribution in [2.75, 3.05) is 6.61 Å². The largest absolute Gasteiger partial charge is 0.466 e. The molecule has 6 heteroatoms. The van der Waals surface area contributed by atoms with Crippen LogP contribution in [0.1, 0.15) is 18.9 Å². The maximum absolute atomic E-state index is 11.4. The van der Waals surface area contributed by atoms with Crippen molar-refractivity contribution < 1.29 is 9.53 Å². The van der Waals surface area contributed by atoms with Gasteiger partial charge in [0.15, 0.2) is 0 Å². The molecule has 0 saturated heterocycles. The van der Waals surface area contributed by atoms with E-state index in [-0.39, 0.29) is 11.5 Å². The normalized spacial score (nSPS) is 10.8. The van der Waals surface area contributed by atoms with Crippen molar-refractivity contribution in [2.45, 2.75) is 26.8 Å². The number of esters is 1. The van der Waals surface area contributed by atoms with Crippen LogP contribution in [0.4, 0.5) is 0 Å². The minimum atomic E-state index is -0.435. The highest BCUT2D eigenvalue weighted by Gasteiger charge is 1.98. The molecule has 0 radical (unpaired) electrons. The average Bonchev–Trinajstić information content (AvgIpc) is 2.29. The Bertz CT molecular complexity index is 554. The van der Waals surface area contributed by atoms with Gasteiger partial charge in [0.1, 0.15) is 0 Å². The maximum atomic E-state index is 11.4. The molecule has 1 rings (SSSR count). The highest BCUT2D eigenvalue weighted by molar-refractivity contribution is 5.65. The van der Waals surface area contributed by atoms with Crippen molar-refractivity contribution in [3.8, 4) is 0 Å². The number of hydrogen-bond acceptors (Lipinski definition) is 4. The van der Waals surface area contributed by atoms with E-state index in [1.165, 1.54) is 17.7 Å². The van der Waals surface area contributed by atoms with E-state index < -0.39 is 5.69 Å². The second-order valence-corrected chi connectivity index (χ2v) is 3.82. The summed E-state index contributed by atoms with van der Waals surface area (Å²) in [6, 6.07) is 0. The molecule has 0 bridgehead atoms. The van der Waals surface area contributed by atoms with Crippen LogP contribution in [0.2, 0.25) is 0 Å². The molecule has 6 nitrogen and oxygen atoms in total. The van der Waals surface area contributed by atoms with E-state index in [1.807, 2.05) is 6.08 Å². The van der Waals surface area contributed by atoms with Gasteiger partial charge < -0.3 is 4.74 Å². The van der Waals surface area contributed by atoms with Gasteiger partial charge in [-0.3, -0.25) is 19.1 Å². The van der Waals surface area contributed by atoms with Gasteiger partial charge in [-0.2, -0.15) is 0 Å². The van der Waals surface area contributed by atoms with E-state index in [0.29, 0.717) is 25.1 Å². The summed E-state index contributed by atoms with van der Waals surface area (Å²) in [5, 5.41) is 0. The molecule has 0 atom stereocenters. The zero-order valence-electron chi connectivity index (χ0n) is 10.4. The van der Waals surface area contributed by atoms with E-state index in [0.717, 1.165) is 0 Å². The average molecular weight is 252 g/mol. The standard InChI is InChI=1S/C12H16N2O4/c1-9-8-14(12(17)13-11(9)16)6-4-3-5-7-18-10(2)15/h3-4,8H,5-7H2,1-2H3,(H,13,16,17)/b4-3+. The molecule has 98 valence electrons. The van der Waals surface area contributed by atoms with Gasteiger partial charge in [-0.05, 0) is 13.3 Å². The molecular weight excluding hydrogens is 236 g/mol. The summed E-state index contributed by atoms with van der Waals surface area (Å²) >= 11 is 0. The lowest BCUT2D eigenvalue weighted by atomic mass is 10.3. The molecule has 0 aliphatic rings. The smallest absolute Gasteiger partial charge is 0.328 e. The number of aromatic nitrogens is 2. The predicted octanol–water partition coefficient (Wildman–Crippen LogP) is 0.354. The molecule has 0 fully saturated rings. The van der Waals surface area contributed by atoms with Crippen LogP contribution in [-0.4, -0.2) is 22.1 Å². The first-order valence-corrected chi connectivity index (χ1v) is 5.59. The minimum absolute atomic E-state index is 0.309. The topological polar surface area (TPSA) is 81.2 Å². The lowest BCUT2D eigenvalue weighted by Crippen LogP contribution is -2.30. The van der Waals surface area contributed by atoms with Crippen molar-refractivity contribution in [1.82, 2.24) is 9.55 Å². The Labute approximate surface area is 104 Å². The zero-order valence-corrected chi connectivity index (χ0v) is 10.4. The number of allylic oxidation sites excluding steroid dienone is 1. The van der Waals surface area contributed by atoms with E-state index >= 15 is 0 Å². The quantitative estimate of drug-likeness (QED) is 0.466. The van der Waals surface area contributed by atoms with E-state index in [2.05, 4.69) is 4.98 Å². The Balaban J connectivity index is 2.51. The summed E-state index contributed by atoms with van der Waals surface area (Å²) in [7, 11) is 0. The molecule has 18 heavy (non-hydrogen) atoms. The number of hydrogen-bond donors (Lipinski definition) is 1. The van der Waals surface area contributed by atoms with Gasteiger partial charge >= 0.3 is 11.7 Å². The predicted molar refractivity (Wildman–Crippen MR) is 66.4 cm³/mol. The molecule has 1 N–H and O–H groups in total. The van der Waals surface area contributed by atoms with Gasteiger partial charge in [-0.1, -0.05) is 12.2 Å². The fourth-order valence-electron chi connectivity index (χ4n) is 1.33. The second-order valence-electron chi connectivity index (χ2n) is 3.82. The lowest BCUT2D eigenvalue weighted by Gasteiger charge is -2.02. The molecule has 0 amide bonds. The fourth-order valence-corrected chi connectivity index (χ4v) is 1.33. The van der Waals surface area contributed by atoms with Gasteiger partial charge in [0.25, 0.3) is 5.56 Å². The molecular formula is C12H16N2O4. The van der Waals surface area contributed by atoms with Crippen LogP contribution in [0.3, 0.4) is 0 Å². The van der Waals surface area contributed by atoms with E-state index in [9.17, 15) is 14.4 Å². The maximum Gasteiger partial charge on any atom is 0.328 e. The Morgan fingerprint density at radius 2 is 2.17 bits per heavy atom. The van der Waals surface area contributed by atoms with Gasteiger partial charge in [-0.25, -0.2) is 4.79 Å². The van der Waals surface area contributed by atoms with Crippen LogP contribution in [0.15, 0.2) is 27.9 Å². The van der Waals surface area contributed by atoms with Gasteiger partial charge in [0, 0.05) is 25.2 Å². The van der Waals surface area contributed by atoms with Crippen LogP contribution in [0, 0.1) is 6.92 Å². The highest BCUT2D eigenvalue weighted by atomic mass is 16.5. The third-order valence-electron chi connectivity index (χ3n) is 2.25. The summed E-state index contributed by atoms with van der Waals surface area (Å²) in [6.07, 6.45) is 5.70. The summed E-state index contributed by atoms with van der Waals surface area (Å²) in [5.41, 5.74) is -0.312. The van der Waals surface area contributed by atoms with Crippen LogP contribution in [-0.2, 0) is 16.1 Å². The van der Waals surface area contributed by atoms with E-state index in [4.69, 9.17) is 4.74 Å². The molecule has 1 aromatic rings. The van der Waals surface area contributed by atoms with Crippen LogP contribution in [0.5, 0.6) is 0 Å². The Morgan fingerprint density at radius 3 is 2.83 bits per heavy atom. The number of carbonyl (C=O) groups is 1. The van der Waals surface area contributed by atoms with Gasteiger partial charge in [0.05, 0.1) is 6.61 Å². The number of rotatable bonds is 5. The van der Waals surface area contributed by atoms with Crippen LogP contribution in [0.25, 0.3) is 0 Å². The van der Waals surface area contributed by atoms with Crippen molar-refractivity contribution in [1.29, 1.82) is 0 Å². The summed E-state index contributed by atoms with van der Waals surface area (Å²) < 4.78 is 6.15. The van der Waals surface area contributed by atoms with Crippen LogP contribution >= 0.6 is 0 Å². The highest BCUT2D eigenvalue weighted by Crippen LogP contribution is 1.89. The number of aromatic amines is 1. The molecule has 0 aromatic carbocycles. The molecule has 0 aliphatic heterocycles. The Kier molecular flexibility index (Phi) is 5.10. The molecule has 0 saturated carbocycles. The van der Waals surface area contributed by atoms with Gasteiger partial charge in [0.2, 0.25) is 0 Å². The summed E-state index contributed by atoms with van der Waals surface area (Å²) in [6.45, 7) is 3.69. The molecule has 0 spiro atoms. The Morgan fingerprint density at radius 1 is 1.44 bits per heavy atom. The van der Waals surface area contributed by atoms with Crippen LogP contribution < -0.4 is 11.2 Å². The third kappa shape index (κ3) is 4.40. The molecule has 0 aliphatic carbocycles. The van der Waals surface area contributed by atoms with Crippen molar-refractivity contribution >= 4 is 5.97 Å². The zero-order chi connectivity index (χ0) is 13.5. The lowest BCUT2D eigenvalue weighted by molar-refractivity contribution is -0.140. The number of nitrogens with zero attached hydrogens (tertiary/aromatic N) is 1. The third-order valence-corrected chi connectivity index (χ3v) is 2.25. The van der Waals surface area contributed by atoms with E-state index in [1.54, 1.807) is 13.0 Å². The number of H-pyrrole nitrogens is 1. The summed E-state index contributed by atoms with van der Waals surface area (Å²) in [4.78, 5) is 35.3. The van der Waals surface area contributed by atoms with Crippen molar-refractivity contribution in [3.63, 3.8) is 0 Å². The molecule has 1 aromatic heterocycles. The number of ether oxygens (including phenoxy) is 1. The first kappa shape index (κ1) is 14.0. The Hall–Kier alpha value is -2.11. The molecule has 1 heterocycles. The summed E-state index contributed by atoms with van der Waals surface area (Å²) in [5.74, 6) is -0.309. The second kappa shape index (κ2) is 6.58. The first-order valence-electron chi connectivity index (χ1n) is 5.59. The van der Waals surface area contributed by atoms with Crippen molar-refractivity contribution in [3.05, 3.63) is 44.8 Å². The number of aryl methyl sites for hydroxylation is 1.